The van der Waals surface area contributed by atoms with Crippen molar-refractivity contribution in [2.75, 3.05) is 32.8 Å². The van der Waals surface area contributed by atoms with E-state index in [1.54, 1.807) is 0 Å². The monoisotopic (exact) mass is 270 g/mol. The maximum absolute atomic E-state index is 9.76. The fourth-order valence-electron chi connectivity index (χ4n) is 3.52. The van der Waals surface area contributed by atoms with Gasteiger partial charge in [-0.05, 0) is 46.1 Å². The zero-order valence-corrected chi connectivity index (χ0v) is 12.7. The Labute approximate surface area is 117 Å². The number of rotatable bonds is 5. The van der Waals surface area contributed by atoms with Gasteiger partial charge < -0.3 is 15.2 Å². The van der Waals surface area contributed by atoms with Crippen LogP contribution in [0, 0.1) is 0 Å². The van der Waals surface area contributed by atoms with Crippen molar-refractivity contribution in [1.29, 1.82) is 0 Å². The van der Waals surface area contributed by atoms with Crippen LogP contribution in [0.15, 0.2) is 0 Å². The molecule has 112 valence electrons. The fraction of sp³-hybridized carbons (Fsp3) is 1.00. The molecule has 1 saturated heterocycles. The van der Waals surface area contributed by atoms with Gasteiger partial charge >= 0.3 is 0 Å². The van der Waals surface area contributed by atoms with Gasteiger partial charge in [-0.3, -0.25) is 4.90 Å². The Hall–Kier alpha value is -0.160. The molecule has 2 N–H and O–H groups in total. The van der Waals surface area contributed by atoms with Crippen LogP contribution in [0.3, 0.4) is 0 Å². The molecule has 19 heavy (non-hydrogen) atoms. The van der Waals surface area contributed by atoms with Gasteiger partial charge in [-0.15, -0.1) is 0 Å². The van der Waals surface area contributed by atoms with E-state index in [1.807, 2.05) is 0 Å². The van der Waals surface area contributed by atoms with Gasteiger partial charge in [0.2, 0.25) is 0 Å². The van der Waals surface area contributed by atoms with E-state index in [1.165, 1.54) is 6.42 Å². The molecule has 0 aromatic heterocycles. The van der Waals surface area contributed by atoms with Crippen LogP contribution in [0.2, 0.25) is 0 Å². The lowest BCUT2D eigenvalue weighted by atomic mass is 9.97. The smallest absolute Gasteiger partial charge is 0.0753 e. The zero-order valence-electron chi connectivity index (χ0n) is 12.7. The molecular formula is C15H30N2O2. The average molecular weight is 270 g/mol. The lowest BCUT2D eigenvalue weighted by Gasteiger charge is -2.41. The van der Waals surface area contributed by atoms with Crippen LogP contribution in [0.1, 0.15) is 46.5 Å². The van der Waals surface area contributed by atoms with Crippen molar-refractivity contribution >= 4 is 0 Å². The highest BCUT2D eigenvalue weighted by Crippen LogP contribution is 2.34. The third-order valence-electron chi connectivity index (χ3n) is 4.61. The van der Waals surface area contributed by atoms with Crippen molar-refractivity contribution < 1.29 is 9.84 Å². The third-order valence-corrected chi connectivity index (χ3v) is 4.61. The van der Waals surface area contributed by atoms with Crippen molar-refractivity contribution in [2.45, 2.75) is 63.6 Å². The maximum Gasteiger partial charge on any atom is 0.0753 e. The fourth-order valence-corrected chi connectivity index (χ4v) is 3.52. The number of aliphatic hydroxyl groups is 1. The van der Waals surface area contributed by atoms with Gasteiger partial charge in [0, 0.05) is 24.7 Å². The molecule has 1 heterocycles. The Bertz CT molecular complexity index is 296. The second-order valence-electron chi connectivity index (χ2n) is 6.84. The van der Waals surface area contributed by atoms with E-state index in [4.69, 9.17) is 4.74 Å². The molecule has 2 atom stereocenters. The lowest BCUT2D eigenvalue weighted by molar-refractivity contribution is -0.0971. The predicted octanol–water partition coefficient (Wildman–Crippen LogP) is 1.38. The first-order valence-corrected chi connectivity index (χ1v) is 7.74. The maximum atomic E-state index is 9.76. The summed E-state index contributed by atoms with van der Waals surface area (Å²) >= 11 is 0. The Kier molecular flexibility index (Phi) is 4.88. The molecule has 0 spiro atoms. The van der Waals surface area contributed by atoms with Crippen LogP contribution in [0.4, 0.5) is 0 Å². The molecule has 1 aliphatic heterocycles. The minimum Gasteiger partial charge on any atom is -0.394 e. The molecule has 2 aliphatic rings. The summed E-state index contributed by atoms with van der Waals surface area (Å²) in [6, 6.07) is 0.597. The SMILES string of the molecule is CCCNC1(CO)CCC(N2CCOC(C)(C)C2)C1. The molecule has 0 aromatic rings. The summed E-state index contributed by atoms with van der Waals surface area (Å²) < 4.78 is 5.79. The number of ether oxygens (including phenoxy) is 1. The van der Waals surface area contributed by atoms with E-state index >= 15 is 0 Å². The largest absolute Gasteiger partial charge is 0.394 e. The number of aliphatic hydroxyl groups excluding tert-OH is 1. The van der Waals surface area contributed by atoms with Crippen molar-refractivity contribution in [3.8, 4) is 0 Å². The Morgan fingerprint density at radius 3 is 2.84 bits per heavy atom. The molecule has 0 bridgehead atoms. The molecule has 4 heteroatoms. The van der Waals surface area contributed by atoms with E-state index in [0.717, 1.165) is 45.5 Å². The Morgan fingerprint density at radius 1 is 1.42 bits per heavy atom. The summed E-state index contributed by atoms with van der Waals surface area (Å²) in [5, 5.41) is 13.3. The van der Waals surface area contributed by atoms with E-state index in [9.17, 15) is 5.11 Å². The second-order valence-corrected chi connectivity index (χ2v) is 6.84. The summed E-state index contributed by atoms with van der Waals surface area (Å²) in [5.41, 5.74) is -0.0668. The molecular weight excluding hydrogens is 240 g/mol. The van der Waals surface area contributed by atoms with E-state index < -0.39 is 0 Å². The highest BCUT2D eigenvalue weighted by Gasteiger charge is 2.42. The number of hydrogen-bond donors (Lipinski definition) is 2. The zero-order chi connectivity index (χ0) is 13.9. The minimum atomic E-state index is -0.0386. The quantitative estimate of drug-likeness (QED) is 0.792. The summed E-state index contributed by atoms with van der Waals surface area (Å²) in [7, 11) is 0. The summed E-state index contributed by atoms with van der Waals surface area (Å²) in [4.78, 5) is 2.56. The molecule has 0 aromatic carbocycles. The predicted molar refractivity (Wildman–Crippen MR) is 77.4 cm³/mol. The third kappa shape index (κ3) is 3.69. The van der Waals surface area contributed by atoms with E-state index in [2.05, 4.69) is 31.0 Å². The Balaban J connectivity index is 1.93. The van der Waals surface area contributed by atoms with Gasteiger partial charge in [0.25, 0.3) is 0 Å². The summed E-state index contributed by atoms with van der Waals surface area (Å²) in [6.45, 7) is 10.6. The van der Waals surface area contributed by atoms with Crippen LogP contribution in [-0.2, 0) is 4.74 Å². The van der Waals surface area contributed by atoms with E-state index in [-0.39, 0.29) is 17.7 Å². The van der Waals surface area contributed by atoms with Crippen molar-refractivity contribution in [2.24, 2.45) is 0 Å². The number of nitrogens with one attached hydrogen (secondary N) is 1. The highest BCUT2D eigenvalue weighted by molar-refractivity contribution is 5.00. The van der Waals surface area contributed by atoms with Crippen molar-refractivity contribution in [1.82, 2.24) is 10.2 Å². The van der Waals surface area contributed by atoms with Gasteiger partial charge in [0.1, 0.15) is 0 Å². The molecule has 0 amide bonds. The average Bonchev–Trinajstić information content (AvgIpc) is 2.80. The second kappa shape index (κ2) is 6.08. The van der Waals surface area contributed by atoms with Crippen LogP contribution in [-0.4, -0.2) is 60.0 Å². The number of morpholine rings is 1. The number of hydrogen-bond acceptors (Lipinski definition) is 4. The van der Waals surface area contributed by atoms with Gasteiger partial charge in [0.05, 0.1) is 18.8 Å². The molecule has 2 unspecified atom stereocenters. The minimum absolute atomic E-state index is 0.0282. The Morgan fingerprint density at radius 2 is 2.21 bits per heavy atom. The van der Waals surface area contributed by atoms with Crippen LogP contribution in [0.5, 0.6) is 0 Å². The molecule has 0 radical (unpaired) electrons. The van der Waals surface area contributed by atoms with Crippen molar-refractivity contribution in [3.05, 3.63) is 0 Å². The van der Waals surface area contributed by atoms with Crippen LogP contribution >= 0.6 is 0 Å². The first-order valence-electron chi connectivity index (χ1n) is 7.74. The first-order chi connectivity index (χ1) is 9.00. The van der Waals surface area contributed by atoms with Crippen LogP contribution < -0.4 is 5.32 Å². The standard InChI is InChI=1S/C15H30N2O2/c1-4-7-16-15(12-18)6-5-13(10-15)17-8-9-19-14(2,3)11-17/h13,16,18H,4-12H2,1-3H3. The molecule has 2 rings (SSSR count). The van der Waals surface area contributed by atoms with E-state index in [0.29, 0.717) is 6.04 Å². The molecule has 4 nitrogen and oxygen atoms in total. The highest BCUT2D eigenvalue weighted by atomic mass is 16.5. The lowest BCUT2D eigenvalue weighted by Crippen LogP contribution is -2.53. The van der Waals surface area contributed by atoms with Gasteiger partial charge in [0.15, 0.2) is 0 Å². The number of nitrogens with zero attached hydrogens (tertiary/aromatic N) is 1. The molecule has 1 aliphatic carbocycles. The summed E-state index contributed by atoms with van der Waals surface area (Å²) in [5.74, 6) is 0. The van der Waals surface area contributed by atoms with Gasteiger partial charge in [-0.25, -0.2) is 0 Å². The molecule has 2 fully saturated rings. The van der Waals surface area contributed by atoms with Gasteiger partial charge in [-0.2, -0.15) is 0 Å². The topological polar surface area (TPSA) is 44.7 Å². The summed E-state index contributed by atoms with van der Waals surface area (Å²) in [6.07, 6.45) is 4.47. The van der Waals surface area contributed by atoms with Crippen molar-refractivity contribution in [3.63, 3.8) is 0 Å². The first kappa shape index (κ1) is 15.2. The van der Waals surface area contributed by atoms with Crippen LogP contribution in [0.25, 0.3) is 0 Å². The molecule has 1 saturated carbocycles. The normalized spacial score (nSPS) is 35.7. The van der Waals surface area contributed by atoms with Gasteiger partial charge in [-0.1, -0.05) is 6.92 Å².